The first kappa shape index (κ1) is 29.8. The van der Waals surface area contributed by atoms with Gasteiger partial charge in [-0.3, -0.25) is 14.5 Å². The van der Waals surface area contributed by atoms with Gasteiger partial charge in [0.15, 0.2) is 12.4 Å². The number of hydrogen-bond acceptors (Lipinski definition) is 5. The maximum Gasteiger partial charge on any atom is 0.319 e. The number of unbranched alkanes of at least 4 members (excludes halogenated alkanes) is 1. The van der Waals surface area contributed by atoms with E-state index in [4.69, 9.17) is 4.74 Å². The summed E-state index contributed by atoms with van der Waals surface area (Å²) in [4.78, 5) is 47.2. The van der Waals surface area contributed by atoms with Crippen LogP contribution in [0.2, 0.25) is 0 Å². The molecule has 0 spiro atoms. The van der Waals surface area contributed by atoms with E-state index in [1.54, 1.807) is 11.9 Å². The number of carboxylic acid groups (broad SMARTS) is 1. The first-order valence-electron chi connectivity index (χ1n) is 15.2. The molecule has 3 aliphatic rings. The van der Waals surface area contributed by atoms with Gasteiger partial charge in [-0.15, -0.1) is 0 Å². The third-order valence-corrected chi connectivity index (χ3v) is 9.00. The van der Waals surface area contributed by atoms with E-state index in [9.17, 15) is 19.5 Å². The average Bonchev–Trinajstić information content (AvgIpc) is 3.58. The van der Waals surface area contributed by atoms with Crippen LogP contribution < -0.4 is 14.2 Å². The number of aliphatic carboxylic acids is 1. The lowest BCUT2D eigenvalue weighted by molar-refractivity contribution is -0.670. The Balaban J connectivity index is 1.43. The number of aryl methyl sites for hydroxylation is 1. The number of anilines is 1. The van der Waals surface area contributed by atoms with Crippen LogP contribution in [0.4, 0.5) is 10.5 Å². The fourth-order valence-electron chi connectivity index (χ4n) is 6.76. The second kappa shape index (κ2) is 13.1. The Labute approximate surface area is 248 Å². The predicted molar refractivity (Wildman–Crippen MR) is 159 cm³/mol. The van der Waals surface area contributed by atoms with Crippen molar-refractivity contribution < 1.29 is 28.8 Å². The van der Waals surface area contributed by atoms with Crippen LogP contribution in [0, 0.1) is 5.92 Å². The lowest BCUT2D eigenvalue weighted by atomic mass is 9.83. The minimum absolute atomic E-state index is 0.0217. The number of ether oxygens (including phenoxy) is 1. The van der Waals surface area contributed by atoms with Gasteiger partial charge in [-0.05, 0) is 42.5 Å². The average molecular weight is 579 g/mol. The number of carboxylic acids is 1. The van der Waals surface area contributed by atoms with Crippen molar-refractivity contribution in [2.75, 3.05) is 57.8 Å². The summed E-state index contributed by atoms with van der Waals surface area (Å²) < 4.78 is 7.63. The number of hydrogen-bond donors (Lipinski definition) is 1. The van der Waals surface area contributed by atoms with Gasteiger partial charge in [0, 0.05) is 64.2 Å². The molecule has 2 aromatic rings. The van der Waals surface area contributed by atoms with Crippen LogP contribution in [-0.2, 0) is 23.1 Å². The Bertz CT molecular complexity index is 1300. The number of aromatic nitrogens is 1. The summed E-state index contributed by atoms with van der Waals surface area (Å²) in [5.41, 5.74) is 2.91. The molecule has 1 N–H and O–H groups in total. The number of likely N-dealkylation sites (tertiary alicyclic amines) is 1. The number of rotatable bonds is 11. The van der Waals surface area contributed by atoms with Crippen LogP contribution in [0.25, 0.3) is 0 Å². The van der Waals surface area contributed by atoms with Crippen molar-refractivity contribution in [1.29, 1.82) is 0 Å². The van der Waals surface area contributed by atoms with Gasteiger partial charge in [-0.2, -0.15) is 0 Å². The smallest absolute Gasteiger partial charge is 0.319 e. The van der Waals surface area contributed by atoms with Gasteiger partial charge >= 0.3 is 12.0 Å². The molecule has 1 aromatic heterocycles. The number of carbonyl (C=O) groups excluding carboxylic acids is 2. The predicted octanol–water partition coefficient (Wildman–Crippen LogP) is 2.90. The topological polar surface area (TPSA) is 97.5 Å². The molecule has 0 saturated carbocycles. The van der Waals surface area contributed by atoms with Gasteiger partial charge in [-0.1, -0.05) is 25.5 Å². The Morgan fingerprint density at radius 1 is 1.21 bits per heavy atom. The molecular weight excluding hydrogens is 534 g/mol. The van der Waals surface area contributed by atoms with Gasteiger partial charge in [0.25, 0.3) is 0 Å². The molecule has 10 heteroatoms. The standard InChI is InChI=1S/C32H43N5O5/c1-4-5-16-37(25-8-6-13-33(2)20-25)29(38)22-36-21-26(23-9-10-28-24(19-23)12-18-42-28)30(31(39)40)27(36)11-17-35-15-7-14-34(3)32(35)41/h6,8-10,13,19-20,26-27,30H,4-5,7,11-12,14-18,21-22H2,1-3H3/p+1/t26-,27+,30?/m1/s1. The van der Waals surface area contributed by atoms with Crippen molar-refractivity contribution in [3.63, 3.8) is 0 Å². The number of amides is 3. The van der Waals surface area contributed by atoms with Gasteiger partial charge in [0.2, 0.25) is 5.91 Å². The highest BCUT2D eigenvalue weighted by Crippen LogP contribution is 2.41. The van der Waals surface area contributed by atoms with E-state index < -0.39 is 11.9 Å². The molecule has 0 aliphatic carbocycles. The van der Waals surface area contributed by atoms with Crippen LogP contribution in [0.3, 0.4) is 0 Å². The fourth-order valence-corrected chi connectivity index (χ4v) is 6.76. The number of urea groups is 1. The highest BCUT2D eigenvalue weighted by atomic mass is 16.5. The minimum atomic E-state index is -0.864. The summed E-state index contributed by atoms with van der Waals surface area (Å²) in [6.45, 7) is 5.78. The quantitative estimate of drug-likeness (QED) is 0.412. The number of fused-ring (bicyclic) bond motifs is 1. The second-order valence-corrected chi connectivity index (χ2v) is 11.9. The largest absolute Gasteiger partial charge is 0.493 e. The minimum Gasteiger partial charge on any atom is -0.493 e. The van der Waals surface area contributed by atoms with E-state index in [2.05, 4.69) is 17.9 Å². The van der Waals surface area contributed by atoms with Crippen molar-refractivity contribution in [3.05, 3.63) is 53.9 Å². The lowest BCUT2D eigenvalue weighted by Gasteiger charge is -2.35. The highest BCUT2D eigenvalue weighted by Gasteiger charge is 2.47. The lowest BCUT2D eigenvalue weighted by Crippen LogP contribution is -2.50. The highest BCUT2D eigenvalue weighted by molar-refractivity contribution is 5.94. The van der Waals surface area contributed by atoms with Crippen LogP contribution in [0.1, 0.15) is 49.7 Å². The Hall–Kier alpha value is -3.66. The maximum atomic E-state index is 14.0. The Morgan fingerprint density at radius 3 is 2.81 bits per heavy atom. The normalized spacial score (nSPS) is 22.3. The molecule has 1 aromatic carbocycles. The number of nitrogens with zero attached hydrogens (tertiary/aromatic N) is 5. The van der Waals surface area contributed by atoms with Gasteiger partial charge in [-0.25, -0.2) is 9.36 Å². The zero-order chi connectivity index (χ0) is 29.8. The number of benzene rings is 1. The Morgan fingerprint density at radius 2 is 2.05 bits per heavy atom. The first-order valence-corrected chi connectivity index (χ1v) is 15.2. The monoisotopic (exact) mass is 578 g/mol. The molecular formula is C32H44N5O5+. The summed E-state index contributed by atoms with van der Waals surface area (Å²) in [7, 11) is 3.74. The van der Waals surface area contributed by atoms with Crippen molar-refractivity contribution in [1.82, 2.24) is 14.7 Å². The number of carbonyl (C=O) groups is 3. The molecule has 3 amide bonds. The van der Waals surface area contributed by atoms with E-state index in [1.807, 2.05) is 58.1 Å². The van der Waals surface area contributed by atoms with Crippen molar-refractivity contribution >= 4 is 23.6 Å². The molecule has 226 valence electrons. The Kier molecular flexibility index (Phi) is 9.30. The maximum absolute atomic E-state index is 14.0. The molecule has 2 saturated heterocycles. The van der Waals surface area contributed by atoms with Crippen LogP contribution in [-0.4, -0.2) is 96.7 Å². The van der Waals surface area contributed by atoms with Crippen molar-refractivity contribution in [2.45, 2.75) is 51.0 Å². The third kappa shape index (κ3) is 6.38. The first-order chi connectivity index (χ1) is 20.3. The van der Waals surface area contributed by atoms with E-state index in [0.29, 0.717) is 39.2 Å². The molecule has 10 nitrogen and oxygen atoms in total. The molecule has 3 atom stereocenters. The molecule has 5 rings (SSSR count). The molecule has 0 bridgehead atoms. The molecule has 1 unspecified atom stereocenters. The van der Waals surface area contributed by atoms with Crippen molar-refractivity contribution in [3.8, 4) is 5.75 Å². The molecule has 4 heterocycles. The number of pyridine rings is 1. The second-order valence-electron chi connectivity index (χ2n) is 11.9. The zero-order valence-corrected chi connectivity index (χ0v) is 25.1. The fraction of sp³-hybridized carbons (Fsp3) is 0.562. The zero-order valence-electron chi connectivity index (χ0n) is 25.1. The van der Waals surface area contributed by atoms with Gasteiger partial charge in [0.1, 0.15) is 18.5 Å². The molecule has 3 aliphatic heterocycles. The van der Waals surface area contributed by atoms with E-state index in [0.717, 1.165) is 54.8 Å². The van der Waals surface area contributed by atoms with Crippen LogP contribution in [0.5, 0.6) is 5.75 Å². The SMILES string of the molecule is CCCCN(C(=O)CN1C[C@H](c2ccc3c(c2)CCO3)C(C(=O)O)[C@@H]1CCN1CCCN(C)C1=O)c1ccc[n+](C)c1. The van der Waals surface area contributed by atoms with Gasteiger partial charge < -0.3 is 24.5 Å². The summed E-state index contributed by atoms with van der Waals surface area (Å²) in [5, 5.41) is 10.6. The van der Waals surface area contributed by atoms with Crippen LogP contribution in [0.15, 0.2) is 42.7 Å². The summed E-state index contributed by atoms with van der Waals surface area (Å²) in [6.07, 6.45) is 7.90. The molecule has 0 radical (unpaired) electrons. The van der Waals surface area contributed by atoms with Crippen LogP contribution >= 0.6 is 0 Å². The van der Waals surface area contributed by atoms with Gasteiger partial charge in [0.05, 0.1) is 19.1 Å². The third-order valence-electron chi connectivity index (χ3n) is 9.00. The molecule has 2 fully saturated rings. The molecule has 42 heavy (non-hydrogen) atoms. The van der Waals surface area contributed by atoms with E-state index in [-0.39, 0.29) is 30.4 Å². The van der Waals surface area contributed by atoms with E-state index in [1.165, 1.54) is 0 Å². The van der Waals surface area contributed by atoms with E-state index >= 15 is 0 Å². The van der Waals surface area contributed by atoms with Crippen molar-refractivity contribution in [2.24, 2.45) is 13.0 Å². The summed E-state index contributed by atoms with van der Waals surface area (Å²) in [5.74, 6) is -1.02. The summed E-state index contributed by atoms with van der Waals surface area (Å²) >= 11 is 0. The summed E-state index contributed by atoms with van der Waals surface area (Å²) in [6, 6.07) is 9.49.